The first kappa shape index (κ1) is 24.5. The number of phenols is 1. The van der Waals surface area contributed by atoms with Gasteiger partial charge in [0.15, 0.2) is 5.78 Å². The molecular weight excluding hydrogens is 412 g/mol. The number of hydrogen-bond donors (Lipinski definition) is 1. The van der Waals surface area contributed by atoms with Crippen molar-refractivity contribution < 1.29 is 19.4 Å². The van der Waals surface area contributed by atoms with Crippen molar-refractivity contribution in [1.82, 2.24) is 0 Å². The molecule has 0 heterocycles. The molecule has 4 heteroatoms. The fraction of sp³-hybridized carbons (Fsp3) is 0.379. The molecule has 0 bridgehead atoms. The van der Waals surface area contributed by atoms with Crippen molar-refractivity contribution in [3.05, 3.63) is 76.3 Å². The predicted molar refractivity (Wildman–Crippen MR) is 133 cm³/mol. The summed E-state index contributed by atoms with van der Waals surface area (Å²) in [5.41, 5.74) is 4.23. The van der Waals surface area contributed by atoms with Crippen LogP contribution in [0.2, 0.25) is 0 Å². The Hall–Kier alpha value is -3.14. The van der Waals surface area contributed by atoms with Gasteiger partial charge in [-0.3, -0.25) is 9.59 Å². The molecule has 3 aromatic rings. The number of hydrogen-bond acceptors (Lipinski definition) is 4. The van der Waals surface area contributed by atoms with Gasteiger partial charge in [0.05, 0.1) is 5.41 Å². The number of Topliss-reactive ketones (excluding diaryl/α,β-unsaturated/α-hetero) is 1. The fourth-order valence-electron chi connectivity index (χ4n) is 3.95. The highest BCUT2D eigenvalue weighted by molar-refractivity contribution is 6.00. The van der Waals surface area contributed by atoms with Crippen molar-refractivity contribution in [2.75, 3.05) is 0 Å². The highest BCUT2D eigenvalue weighted by Gasteiger charge is 2.35. The van der Waals surface area contributed by atoms with Gasteiger partial charge in [-0.1, -0.05) is 66.6 Å². The van der Waals surface area contributed by atoms with Gasteiger partial charge in [-0.05, 0) is 58.9 Å². The summed E-state index contributed by atoms with van der Waals surface area (Å²) in [6.45, 7) is 13.3. The molecule has 3 aromatic carbocycles. The molecule has 1 aliphatic rings. The zero-order valence-electron chi connectivity index (χ0n) is 20.7. The third-order valence-corrected chi connectivity index (χ3v) is 6.04. The fourth-order valence-corrected chi connectivity index (χ4v) is 3.95. The Morgan fingerprint density at radius 3 is 2.27 bits per heavy atom. The van der Waals surface area contributed by atoms with Gasteiger partial charge >= 0.3 is 5.97 Å². The summed E-state index contributed by atoms with van der Waals surface area (Å²) in [7, 11) is 0. The summed E-state index contributed by atoms with van der Waals surface area (Å²) in [6.07, 6.45) is 0.251. The summed E-state index contributed by atoms with van der Waals surface area (Å²) in [5.74, 6) is 0.208. The highest BCUT2D eigenvalue weighted by atomic mass is 16.5. The third-order valence-electron chi connectivity index (χ3n) is 6.04. The van der Waals surface area contributed by atoms with E-state index in [4.69, 9.17) is 4.74 Å². The number of phenolic OH excluding ortho intramolecular Hbond substituents is 1. The zero-order valence-corrected chi connectivity index (χ0v) is 20.7. The van der Waals surface area contributed by atoms with Crippen molar-refractivity contribution in [1.29, 1.82) is 0 Å². The SMILES string of the molecule is Cc1ccc2c(O)c(C)ccc2c1.Cc1ccc2c(c1)C(OC(=O)C(C)(C)C)CC(C)C2=O. The van der Waals surface area contributed by atoms with Crippen LogP contribution in [0.5, 0.6) is 5.75 Å². The van der Waals surface area contributed by atoms with Crippen LogP contribution in [0, 0.1) is 32.1 Å². The monoisotopic (exact) mass is 446 g/mol. The second kappa shape index (κ2) is 9.38. The second-order valence-electron chi connectivity index (χ2n) is 10.2. The molecule has 0 saturated heterocycles. The van der Waals surface area contributed by atoms with Crippen molar-refractivity contribution in [2.24, 2.45) is 11.3 Å². The van der Waals surface area contributed by atoms with Crippen LogP contribution in [-0.2, 0) is 9.53 Å². The normalized spacial score (nSPS) is 17.7. The molecule has 33 heavy (non-hydrogen) atoms. The summed E-state index contributed by atoms with van der Waals surface area (Å²) in [4.78, 5) is 24.3. The maximum absolute atomic E-state index is 12.2. The maximum atomic E-state index is 12.2. The van der Waals surface area contributed by atoms with Crippen LogP contribution in [-0.4, -0.2) is 16.9 Å². The van der Waals surface area contributed by atoms with Crippen molar-refractivity contribution >= 4 is 22.5 Å². The van der Waals surface area contributed by atoms with Gasteiger partial charge in [-0.25, -0.2) is 0 Å². The number of benzene rings is 3. The quantitative estimate of drug-likeness (QED) is 0.408. The molecule has 2 atom stereocenters. The molecule has 0 amide bonds. The first-order valence-electron chi connectivity index (χ1n) is 11.4. The molecule has 0 saturated carbocycles. The summed E-state index contributed by atoms with van der Waals surface area (Å²) < 4.78 is 5.66. The van der Waals surface area contributed by atoms with E-state index in [9.17, 15) is 14.7 Å². The average molecular weight is 447 g/mol. The van der Waals surface area contributed by atoms with E-state index in [1.165, 1.54) is 5.56 Å². The van der Waals surface area contributed by atoms with Crippen molar-refractivity contribution in [3.8, 4) is 5.75 Å². The van der Waals surface area contributed by atoms with Crippen LogP contribution in [0.15, 0.2) is 48.5 Å². The van der Waals surface area contributed by atoms with Gasteiger partial charge in [0, 0.05) is 22.4 Å². The lowest BCUT2D eigenvalue weighted by molar-refractivity contribution is -0.160. The van der Waals surface area contributed by atoms with E-state index >= 15 is 0 Å². The van der Waals surface area contributed by atoms with Gasteiger partial charge in [0.25, 0.3) is 0 Å². The van der Waals surface area contributed by atoms with Gasteiger partial charge in [0.1, 0.15) is 11.9 Å². The van der Waals surface area contributed by atoms with E-state index in [1.807, 2.05) is 84.0 Å². The van der Waals surface area contributed by atoms with Crippen LogP contribution >= 0.6 is 0 Å². The predicted octanol–water partition coefficient (Wildman–Crippen LogP) is 7.01. The average Bonchev–Trinajstić information content (AvgIpc) is 2.74. The Morgan fingerprint density at radius 2 is 1.61 bits per heavy atom. The van der Waals surface area contributed by atoms with E-state index in [2.05, 4.69) is 13.0 Å². The number of carbonyl (C=O) groups excluding carboxylic acids is 2. The maximum Gasteiger partial charge on any atom is 0.311 e. The molecule has 4 rings (SSSR count). The second-order valence-corrected chi connectivity index (χ2v) is 10.2. The molecule has 174 valence electrons. The zero-order chi connectivity index (χ0) is 24.5. The van der Waals surface area contributed by atoms with Crippen molar-refractivity contribution in [3.63, 3.8) is 0 Å². The lowest BCUT2D eigenvalue weighted by Crippen LogP contribution is -2.30. The third kappa shape index (κ3) is 5.44. The molecule has 1 N–H and O–H groups in total. The largest absolute Gasteiger partial charge is 0.507 e. The van der Waals surface area contributed by atoms with Crippen LogP contribution in [0.4, 0.5) is 0 Å². The lowest BCUT2D eigenvalue weighted by Gasteiger charge is -2.30. The molecule has 0 radical (unpaired) electrons. The number of aryl methyl sites for hydroxylation is 3. The Morgan fingerprint density at radius 1 is 0.970 bits per heavy atom. The molecule has 4 nitrogen and oxygen atoms in total. The molecule has 0 aromatic heterocycles. The van der Waals surface area contributed by atoms with Crippen LogP contribution in [0.1, 0.15) is 72.8 Å². The minimum atomic E-state index is -0.533. The number of aromatic hydroxyl groups is 1. The standard InChI is InChI=1S/C17H22O3.C12H12O/c1-10-6-7-12-13(8-10)14(9-11(2)15(12)18)20-16(19)17(3,4)5;1-8-3-6-11-10(7-8)5-4-9(2)12(11)13/h6-8,11,14H,9H2,1-5H3;3-7,13H,1-2H3. The molecule has 2 unspecified atom stereocenters. The summed E-state index contributed by atoms with van der Waals surface area (Å²) in [5, 5.41) is 11.8. The molecule has 0 aliphatic heterocycles. The van der Waals surface area contributed by atoms with E-state index in [0.717, 1.165) is 27.5 Å². The van der Waals surface area contributed by atoms with Gasteiger partial charge in [0.2, 0.25) is 0 Å². The topological polar surface area (TPSA) is 63.6 Å². The number of ether oxygens (including phenoxy) is 1. The summed E-state index contributed by atoms with van der Waals surface area (Å²) in [6, 6.07) is 15.8. The van der Waals surface area contributed by atoms with Gasteiger partial charge in [-0.15, -0.1) is 0 Å². The minimum Gasteiger partial charge on any atom is -0.507 e. The first-order valence-corrected chi connectivity index (χ1v) is 11.4. The molecule has 1 aliphatic carbocycles. The Kier molecular flexibility index (Phi) is 6.97. The first-order chi connectivity index (χ1) is 15.4. The number of fused-ring (bicyclic) bond motifs is 2. The lowest BCUT2D eigenvalue weighted by atomic mass is 9.81. The van der Waals surface area contributed by atoms with Crippen molar-refractivity contribution in [2.45, 2.75) is 61.0 Å². The van der Waals surface area contributed by atoms with Gasteiger partial charge < -0.3 is 9.84 Å². The Labute approximate surface area is 196 Å². The Balaban J connectivity index is 0.000000203. The molecule has 0 fully saturated rings. The van der Waals surface area contributed by atoms with Crippen LogP contribution in [0.25, 0.3) is 10.8 Å². The van der Waals surface area contributed by atoms with E-state index in [1.54, 1.807) is 0 Å². The number of ketones is 1. The number of rotatable bonds is 1. The molecule has 0 spiro atoms. The highest BCUT2D eigenvalue weighted by Crippen LogP contribution is 2.37. The van der Waals surface area contributed by atoms with E-state index < -0.39 is 5.41 Å². The minimum absolute atomic E-state index is 0.108. The number of carbonyl (C=O) groups is 2. The Bertz CT molecular complexity index is 1200. The van der Waals surface area contributed by atoms with E-state index in [0.29, 0.717) is 17.7 Å². The van der Waals surface area contributed by atoms with Crippen LogP contribution < -0.4 is 0 Å². The smallest absolute Gasteiger partial charge is 0.311 e. The van der Waals surface area contributed by atoms with Crippen LogP contribution in [0.3, 0.4) is 0 Å². The molecular formula is C29H34O4. The van der Waals surface area contributed by atoms with Gasteiger partial charge in [-0.2, -0.15) is 0 Å². The number of esters is 1. The summed E-state index contributed by atoms with van der Waals surface area (Å²) >= 11 is 0. The van der Waals surface area contributed by atoms with E-state index in [-0.39, 0.29) is 23.8 Å².